The number of rotatable bonds is 8. The highest BCUT2D eigenvalue weighted by Crippen LogP contribution is 2.29. The molecule has 0 bridgehead atoms. The lowest BCUT2D eigenvalue weighted by molar-refractivity contribution is -0.118. The Morgan fingerprint density at radius 1 is 0.919 bits per heavy atom. The van der Waals surface area contributed by atoms with Gasteiger partial charge in [0.25, 0.3) is 5.91 Å². The second kappa shape index (κ2) is 11.1. The summed E-state index contributed by atoms with van der Waals surface area (Å²) in [5.41, 5.74) is 8.35. The van der Waals surface area contributed by atoms with E-state index in [0.29, 0.717) is 22.9 Å². The third kappa shape index (κ3) is 6.06. The monoisotopic (exact) mass is 494 g/mol. The molecule has 4 aromatic rings. The number of benzene rings is 3. The lowest BCUT2D eigenvalue weighted by Gasteiger charge is -2.33. The van der Waals surface area contributed by atoms with Crippen LogP contribution in [0.15, 0.2) is 84.9 Å². The Bertz CT molecular complexity index is 1380. The van der Waals surface area contributed by atoms with Gasteiger partial charge in [0.05, 0.1) is 0 Å². The first-order valence-corrected chi connectivity index (χ1v) is 12.6. The van der Waals surface area contributed by atoms with Gasteiger partial charge >= 0.3 is 0 Å². The number of hydrogen-bond donors (Lipinski definition) is 2. The summed E-state index contributed by atoms with van der Waals surface area (Å²) in [4.78, 5) is 30.9. The van der Waals surface area contributed by atoms with Crippen molar-refractivity contribution in [1.82, 2.24) is 4.98 Å². The van der Waals surface area contributed by atoms with Crippen molar-refractivity contribution in [3.05, 3.63) is 96.1 Å². The Morgan fingerprint density at radius 3 is 2.41 bits per heavy atom. The minimum absolute atomic E-state index is 0.159. The van der Waals surface area contributed by atoms with E-state index in [9.17, 15) is 9.59 Å². The molecule has 2 amide bonds. The van der Waals surface area contributed by atoms with Gasteiger partial charge in [-0.25, -0.2) is 4.98 Å². The number of pyridine rings is 1. The number of ether oxygens (including phenoxy) is 1. The van der Waals surface area contributed by atoms with E-state index < -0.39 is 5.91 Å². The van der Waals surface area contributed by atoms with E-state index in [4.69, 9.17) is 15.5 Å². The number of hydrogen-bond acceptors (Lipinski definition) is 5. The van der Waals surface area contributed by atoms with E-state index in [1.54, 1.807) is 24.3 Å². The summed E-state index contributed by atoms with van der Waals surface area (Å²) in [5, 5.41) is 3.73. The molecule has 188 valence electrons. The van der Waals surface area contributed by atoms with Crippen molar-refractivity contribution >= 4 is 34.2 Å². The largest absolute Gasteiger partial charge is 0.481 e. The Kier molecular flexibility index (Phi) is 7.31. The topological polar surface area (TPSA) is 97.5 Å². The minimum atomic E-state index is -0.513. The number of nitrogens with two attached hydrogens (primary N) is 1. The Labute approximate surface area is 216 Å². The van der Waals surface area contributed by atoms with Crippen molar-refractivity contribution in [3.63, 3.8) is 0 Å². The quantitative estimate of drug-likeness (QED) is 0.366. The minimum Gasteiger partial charge on any atom is -0.481 e. The molecule has 7 heteroatoms. The van der Waals surface area contributed by atoms with Crippen LogP contribution in [-0.2, 0) is 11.2 Å². The lowest BCUT2D eigenvalue weighted by Crippen LogP contribution is -2.34. The number of amides is 2. The SMILES string of the molecule is NC(=O)c1ccc(NC(=O)COc2cccc3ccc(N4CCC(Cc5ccccc5)CC4)nc23)cc1. The smallest absolute Gasteiger partial charge is 0.262 e. The molecular formula is C30H30N4O3. The highest BCUT2D eigenvalue weighted by Gasteiger charge is 2.21. The van der Waals surface area contributed by atoms with Gasteiger partial charge in [-0.1, -0.05) is 42.5 Å². The van der Waals surface area contributed by atoms with Crippen LogP contribution in [0.25, 0.3) is 10.9 Å². The summed E-state index contributed by atoms with van der Waals surface area (Å²) in [6.07, 6.45) is 3.38. The molecule has 37 heavy (non-hydrogen) atoms. The lowest BCUT2D eigenvalue weighted by atomic mass is 9.90. The van der Waals surface area contributed by atoms with E-state index in [2.05, 4.69) is 52.7 Å². The number of fused-ring (bicyclic) bond motifs is 1. The summed E-state index contributed by atoms with van der Waals surface area (Å²) in [5.74, 6) is 1.36. The number of carbonyl (C=O) groups excluding carboxylic acids is 2. The van der Waals surface area contributed by atoms with Crippen LogP contribution in [0.4, 0.5) is 11.5 Å². The molecule has 0 radical (unpaired) electrons. The number of aromatic nitrogens is 1. The van der Waals surface area contributed by atoms with Crippen LogP contribution >= 0.6 is 0 Å². The molecule has 0 unspecified atom stereocenters. The van der Waals surface area contributed by atoms with Gasteiger partial charge in [-0.3, -0.25) is 9.59 Å². The number of nitrogens with zero attached hydrogens (tertiary/aromatic N) is 2. The third-order valence-electron chi connectivity index (χ3n) is 6.79. The van der Waals surface area contributed by atoms with E-state index >= 15 is 0 Å². The van der Waals surface area contributed by atoms with Gasteiger partial charge in [-0.15, -0.1) is 0 Å². The third-order valence-corrected chi connectivity index (χ3v) is 6.79. The molecule has 1 fully saturated rings. The molecule has 0 spiro atoms. The van der Waals surface area contributed by atoms with Gasteiger partial charge in [0.1, 0.15) is 17.1 Å². The van der Waals surface area contributed by atoms with E-state index in [1.807, 2.05) is 18.2 Å². The maximum atomic E-state index is 12.5. The highest BCUT2D eigenvalue weighted by molar-refractivity contribution is 5.95. The Balaban J connectivity index is 1.21. The van der Waals surface area contributed by atoms with Gasteiger partial charge in [0.2, 0.25) is 5.91 Å². The highest BCUT2D eigenvalue weighted by atomic mass is 16.5. The number of primary amides is 1. The second-order valence-electron chi connectivity index (χ2n) is 9.40. The standard InChI is InChI=1S/C30H30N4O3/c31-30(36)24-9-12-25(13-10-24)32-28(35)20-37-26-8-4-7-23-11-14-27(33-29(23)26)34-17-15-22(16-18-34)19-21-5-2-1-3-6-21/h1-14,22H,15-20H2,(H2,31,36)(H,32,35). The van der Waals surface area contributed by atoms with Crippen LogP contribution < -0.4 is 20.7 Å². The number of carbonyl (C=O) groups is 2. The first kappa shape index (κ1) is 24.3. The molecule has 1 aliphatic heterocycles. The number of anilines is 2. The van der Waals surface area contributed by atoms with Crippen LogP contribution in [0.5, 0.6) is 5.75 Å². The molecule has 1 aromatic heterocycles. The van der Waals surface area contributed by atoms with Crippen LogP contribution in [0.2, 0.25) is 0 Å². The first-order chi connectivity index (χ1) is 18.0. The summed E-state index contributed by atoms with van der Waals surface area (Å²) in [6.45, 7) is 1.78. The van der Waals surface area contributed by atoms with Crippen LogP contribution in [0.3, 0.4) is 0 Å². The molecule has 0 saturated carbocycles. The maximum Gasteiger partial charge on any atom is 0.262 e. The van der Waals surface area contributed by atoms with Crippen LogP contribution in [0.1, 0.15) is 28.8 Å². The Hall–Kier alpha value is -4.39. The van der Waals surface area contributed by atoms with Gasteiger partial charge in [-0.2, -0.15) is 0 Å². The first-order valence-electron chi connectivity index (χ1n) is 12.6. The van der Waals surface area contributed by atoms with Crippen molar-refractivity contribution < 1.29 is 14.3 Å². The molecule has 5 rings (SSSR count). The zero-order valence-electron chi connectivity index (χ0n) is 20.6. The summed E-state index contributed by atoms with van der Waals surface area (Å²) < 4.78 is 5.87. The molecule has 0 atom stereocenters. The van der Waals surface area contributed by atoms with Crippen molar-refractivity contribution in [3.8, 4) is 5.75 Å². The fraction of sp³-hybridized carbons (Fsp3) is 0.233. The average Bonchev–Trinajstić information content (AvgIpc) is 2.93. The van der Waals surface area contributed by atoms with Crippen molar-refractivity contribution in [2.45, 2.75) is 19.3 Å². The molecule has 3 N–H and O–H groups in total. The summed E-state index contributed by atoms with van der Waals surface area (Å²) >= 11 is 0. The fourth-order valence-corrected chi connectivity index (χ4v) is 4.77. The van der Waals surface area contributed by atoms with Crippen LogP contribution in [-0.4, -0.2) is 36.5 Å². The summed E-state index contributed by atoms with van der Waals surface area (Å²) in [7, 11) is 0. The number of piperidine rings is 1. The van der Waals surface area contributed by atoms with Gasteiger partial charge < -0.3 is 20.7 Å². The van der Waals surface area contributed by atoms with Crippen molar-refractivity contribution in [1.29, 1.82) is 0 Å². The predicted octanol–water partition coefficient (Wildman–Crippen LogP) is 4.81. The zero-order valence-corrected chi connectivity index (χ0v) is 20.6. The fourth-order valence-electron chi connectivity index (χ4n) is 4.77. The predicted molar refractivity (Wildman–Crippen MR) is 146 cm³/mol. The second-order valence-corrected chi connectivity index (χ2v) is 9.40. The molecule has 2 heterocycles. The van der Waals surface area contributed by atoms with E-state index in [1.165, 1.54) is 5.56 Å². The molecule has 3 aromatic carbocycles. The van der Waals surface area contributed by atoms with Crippen molar-refractivity contribution in [2.75, 3.05) is 29.9 Å². The molecular weight excluding hydrogens is 464 g/mol. The maximum absolute atomic E-state index is 12.5. The average molecular weight is 495 g/mol. The summed E-state index contributed by atoms with van der Waals surface area (Å²) in [6, 6.07) is 26.9. The van der Waals surface area contributed by atoms with Crippen LogP contribution in [0, 0.1) is 5.92 Å². The number of para-hydroxylation sites is 1. The molecule has 1 aliphatic rings. The Morgan fingerprint density at radius 2 is 1.68 bits per heavy atom. The molecule has 1 saturated heterocycles. The van der Waals surface area contributed by atoms with Gasteiger partial charge in [-0.05, 0) is 73.2 Å². The normalized spacial score (nSPS) is 13.9. The number of nitrogens with one attached hydrogen (secondary N) is 1. The van der Waals surface area contributed by atoms with Gasteiger partial charge in [0, 0.05) is 29.7 Å². The van der Waals surface area contributed by atoms with E-state index in [0.717, 1.165) is 49.1 Å². The zero-order chi connectivity index (χ0) is 25.6. The molecule has 0 aliphatic carbocycles. The van der Waals surface area contributed by atoms with E-state index in [-0.39, 0.29) is 12.5 Å². The van der Waals surface area contributed by atoms with Gasteiger partial charge in [0.15, 0.2) is 6.61 Å². The van der Waals surface area contributed by atoms with Crippen molar-refractivity contribution in [2.24, 2.45) is 11.7 Å². The molecule has 7 nitrogen and oxygen atoms in total.